The lowest BCUT2D eigenvalue weighted by Gasteiger charge is -2.08. The van der Waals surface area contributed by atoms with E-state index in [-0.39, 0.29) is 0 Å². The van der Waals surface area contributed by atoms with Gasteiger partial charge in [0.25, 0.3) is 0 Å². The number of aryl methyl sites for hydroxylation is 2. The smallest absolute Gasteiger partial charge is 0.0273 e. The molecule has 0 unspecified atom stereocenters. The molecule has 0 spiro atoms. The second kappa shape index (κ2) is 7.28. The Morgan fingerprint density at radius 2 is 1.67 bits per heavy atom. The molecule has 0 aromatic heterocycles. The van der Waals surface area contributed by atoms with Gasteiger partial charge in [-0.2, -0.15) is 0 Å². The highest BCUT2D eigenvalue weighted by Crippen LogP contribution is 2.14. The summed E-state index contributed by atoms with van der Waals surface area (Å²) in [6.45, 7) is 6.01. The average molecular weight is 202 g/mol. The Hall–Kier alpha value is -1.04. The molecule has 0 saturated heterocycles. The summed E-state index contributed by atoms with van der Waals surface area (Å²) in [6, 6.07) is 8.85. The first kappa shape index (κ1) is 12.0. The van der Waals surface area contributed by atoms with Crippen molar-refractivity contribution in [1.82, 2.24) is 0 Å². The van der Waals surface area contributed by atoms with Crippen LogP contribution in [0.25, 0.3) is 0 Å². The highest BCUT2D eigenvalue weighted by Gasteiger charge is 2.00. The molecule has 0 fully saturated rings. The average Bonchev–Trinajstić information content (AvgIpc) is 2.28. The monoisotopic (exact) mass is 202 g/mol. The van der Waals surface area contributed by atoms with Crippen molar-refractivity contribution < 1.29 is 0 Å². The van der Waals surface area contributed by atoms with E-state index in [9.17, 15) is 0 Å². The standard InChI is InChI=1S/C15H22/c1-3-5-7-11-15-13-9-8-12-14(15)10-6-4-2/h3,8-9,12-13H,1,4-7,10-11H2,2H3. The second-order valence-corrected chi connectivity index (χ2v) is 4.05. The van der Waals surface area contributed by atoms with Gasteiger partial charge in [0.15, 0.2) is 0 Å². The van der Waals surface area contributed by atoms with Gasteiger partial charge in [-0.05, 0) is 43.2 Å². The lowest BCUT2D eigenvalue weighted by Crippen LogP contribution is -1.94. The number of rotatable bonds is 7. The minimum Gasteiger partial charge on any atom is -0.103 e. The topological polar surface area (TPSA) is 0 Å². The number of benzene rings is 1. The van der Waals surface area contributed by atoms with E-state index in [1.807, 2.05) is 6.08 Å². The minimum absolute atomic E-state index is 1.13. The fourth-order valence-electron chi connectivity index (χ4n) is 1.85. The molecular weight excluding hydrogens is 180 g/mol. The maximum absolute atomic E-state index is 3.76. The Bertz CT molecular complexity index is 286. The third-order valence-corrected chi connectivity index (χ3v) is 2.77. The third kappa shape index (κ3) is 4.33. The van der Waals surface area contributed by atoms with Gasteiger partial charge in [-0.25, -0.2) is 0 Å². The van der Waals surface area contributed by atoms with E-state index >= 15 is 0 Å². The quantitative estimate of drug-likeness (QED) is 0.450. The van der Waals surface area contributed by atoms with Crippen LogP contribution in [0.5, 0.6) is 0 Å². The van der Waals surface area contributed by atoms with E-state index < -0.39 is 0 Å². The molecule has 0 heterocycles. The summed E-state index contributed by atoms with van der Waals surface area (Å²) in [5, 5.41) is 0. The lowest BCUT2D eigenvalue weighted by atomic mass is 9.98. The van der Waals surface area contributed by atoms with Crippen LogP contribution in [0, 0.1) is 0 Å². The number of unbranched alkanes of at least 4 members (excludes halogenated alkanes) is 2. The van der Waals surface area contributed by atoms with Crippen LogP contribution in [0.1, 0.15) is 43.7 Å². The molecule has 0 aliphatic rings. The van der Waals surface area contributed by atoms with Crippen LogP contribution in [-0.4, -0.2) is 0 Å². The zero-order valence-corrected chi connectivity index (χ0v) is 9.84. The molecule has 1 rings (SSSR count). The molecule has 0 N–H and O–H groups in total. The van der Waals surface area contributed by atoms with Gasteiger partial charge in [0, 0.05) is 0 Å². The fourth-order valence-corrected chi connectivity index (χ4v) is 1.85. The van der Waals surface area contributed by atoms with Gasteiger partial charge in [0.1, 0.15) is 0 Å². The van der Waals surface area contributed by atoms with Crippen molar-refractivity contribution in [3.05, 3.63) is 48.0 Å². The molecule has 0 nitrogen and oxygen atoms in total. The normalized spacial score (nSPS) is 10.2. The van der Waals surface area contributed by atoms with Gasteiger partial charge in [0.2, 0.25) is 0 Å². The van der Waals surface area contributed by atoms with Gasteiger partial charge in [-0.1, -0.05) is 43.7 Å². The SMILES string of the molecule is C=CCCCc1ccccc1CCCC. The molecule has 1 aromatic carbocycles. The lowest BCUT2D eigenvalue weighted by molar-refractivity contribution is 0.772. The van der Waals surface area contributed by atoms with Gasteiger partial charge >= 0.3 is 0 Å². The van der Waals surface area contributed by atoms with E-state index in [1.165, 1.54) is 37.7 Å². The van der Waals surface area contributed by atoms with Crippen molar-refractivity contribution in [1.29, 1.82) is 0 Å². The Kier molecular flexibility index (Phi) is 5.84. The summed E-state index contributed by atoms with van der Waals surface area (Å²) >= 11 is 0. The van der Waals surface area contributed by atoms with Crippen molar-refractivity contribution in [3.8, 4) is 0 Å². The molecule has 0 atom stereocenters. The molecule has 15 heavy (non-hydrogen) atoms. The molecule has 0 aliphatic carbocycles. The van der Waals surface area contributed by atoms with E-state index in [0.717, 1.165) is 6.42 Å². The Labute approximate surface area is 94.0 Å². The first-order valence-electron chi connectivity index (χ1n) is 6.06. The number of allylic oxidation sites excluding steroid dienone is 1. The van der Waals surface area contributed by atoms with Crippen LogP contribution < -0.4 is 0 Å². The van der Waals surface area contributed by atoms with Crippen molar-refractivity contribution in [2.45, 2.75) is 45.4 Å². The summed E-state index contributed by atoms with van der Waals surface area (Å²) < 4.78 is 0. The number of hydrogen-bond donors (Lipinski definition) is 0. The largest absolute Gasteiger partial charge is 0.103 e. The van der Waals surface area contributed by atoms with Crippen LogP contribution in [0.4, 0.5) is 0 Å². The molecule has 1 aromatic rings. The number of hydrogen-bond acceptors (Lipinski definition) is 0. The van der Waals surface area contributed by atoms with E-state index in [4.69, 9.17) is 0 Å². The summed E-state index contributed by atoms with van der Waals surface area (Å²) in [6.07, 6.45) is 9.38. The van der Waals surface area contributed by atoms with Crippen molar-refractivity contribution in [2.75, 3.05) is 0 Å². The van der Waals surface area contributed by atoms with E-state index in [0.29, 0.717) is 0 Å². The first-order chi connectivity index (χ1) is 7.38. The van der Waals surface area contributed by atoms with Crippen molar-refractivity contribution in [2.24, 2.45) is 0 Å². The predicted molar refractivity (Wildman–Crippen MR) is 68.2 cm³/mol. The third-order valence-electron chi connectivity index (χ3n) is 2.77. The zero-order valence-electron chi connectivity index (χ0n) is 9.84. The van der Waals surface area contributed by atoms with Crippen molar-refractivity contribution in [3.63, 3.8) is 0 Å². The minimum atomic E-state index is 1.13. The van der Waals surface area contributed by atoms with Crippen LogP contribution in [0.3, 0.4) is 0 Å². The highest BCUT2D eigenvalue weighted by atomic mass is 14.1. The highest BCUT2D eigenvalue weighted by molar-refractivity contribution is 5.27. The Morgan fingerprint density at radius 3 is 2.20 bits per heavy atom. The van der Waals surface area contributed by atoms with Crippen LogP contribution in [-0.2, 0) is 12.8 Å². The molecular formula is C15H22. The van der Waals surface area contributed by atoms with Gasteiger partial charge in [0.05, 0.1) is 0 Å². The van der Waals surface area contributed by atoms with E-state index in [2.05, 4.69) is 37.8 Å². The summed E-state index contributed by atoms with van der Waals surface area (Å²) in [5.74, 6) is 0. The zero-order chi connectivity index (χ0) is 10.9. The molecule has 0 amide bonds. The maximum atomic E-state index is 3.76. The molecule has 82 valence electrons. The van der Waals surface area contributed by atoms with Crippen LogP contribution in [0.2, 0.25) is 0 Å². The predicted octanol–water partition coefficient (Wildman–Crippen LogP) is 4.54. The molecule has 0 aliphatic heterocycles. The molecule has 0 radical (unpaired) electrons. The van der Waals surface area contributed by atoms with Gasteiger partial charge in [-0.3, -0.25) is 0 Å². The maximum Gasteiger partial charge on any atom is -0.0273 e. The second-order valence-electron chi connectivity index (χ2n) is 4.05. The molecule has 0 saturated carbocycles. The Balaban J connectivity index is 2.55. The summed E-state index contributed by atoms with van der Waals surface area (Å²) in [4.78, 5) is 0. The van der Waals surface area contributed by atoms with Gasteiger partial charge in [-0.15, -0.1) is 6.58 Å². The van der Waals surface area contributed by atoms with Crippen LogP contribution >= 0.6 is 0 Å². The summed E-state index contributed by atoms with van der Waals surface area (Å²) in [7, 11) is 0. The fraction of sp³-hybridized carbons (Fsp3) is 0.467. The Morgan fingerprint density at radius 1 is 1.07 bits per heavy atom. The first-order valence-corrected chi connectivity index (χ1v) is 6.06. The summed E-state index contributed by atoms with van der Waals surface area (Å²) in [5.41, 5.74) is 3.08. The van der Waals surface area contributed by atoms with E-state index in [1.54, 1.807) is 5.56 Å². The molecule has 0 heteroatoms. The van der Waals surface area contributed by atoms with Crippen LogP contribution in [0.15, 0.2) is 36.9 Å². The molecule has 0 bridgehead atoms. The van der Waals surface area contributed by atoms with Crippen molar-refractivity contribution >= 4 is 0 Å². The van der Waals surface area contributed by atoms with Gasteiger partial charge < -0.3 is 0 Å².